The van der Waals surface area contributed by atoms with Gasteiger partial charge in [0.05, 0.1) is 22.3 Å². The summed E-state index contributed by atoms with van der Waals surface area (Å²) < 4.78 is 1.38. The molecule has 22 heavy (non-hydrogen) atoms. The van der Waals surface area contributed by atoms with Crippen molar-refractivity contribution in [2.24, 2.45) is 0 Å². The summed E-state index contributed by atoms with van der Waals surface area (Å²) in [4.78, 5) is 20.4. The van der Waals surface area contributed by atoms with Crippen LogP contribution in [0.25, 0.3) is 5.69 Å². The predicted octanol–water partition coefficient (Wildman–Crippen LogP) is 2.05. The Kier molecular flexibility index (Phi) is 5.39. The van der Waals surface area contributed by atoms with Gasteiger partial charge < -0.3 is 0 Å². The third-order valence-corrected chi connectivity index (χ3v) is 3.49. The van der Waals surface area contributed by atoms with Gasteiger partial charge in [-0.25, -0.2) is 14.8 Å². The van der Waals surface area contributed by atoms with Crippen molar-refractivity contribution in [1.82, 2.24) is 20.0 Å². The summed E-state index contributed by atoms with van der Waals surface area (Å²) in [6.45, 7) is 2.16. The highest BCUT2D eigenvalue weighted by Crippen LogP contribution is 2.24. The van der Waals surface area contributed by atoms with Crippen molar-refractivity contribution in [2.75, 3.05) is 12.0 Å². The van der Waals surface area contributed by atoms with Gasteiger partial charge in [-0.15, -0.1) is 6.42 Å². The fourth-order valence-corrected chi connectivity index (χ4v) is 2.09. The quantitative estimate of drug-likeness (QED) is 0.496. The number of halogens is 2. The molecule has 1 heterocycles. The number of terminal acetylenes is 1. The Morgan fingerprint density at radius 1 is 1.32 bits per heavy atom. The molecule has 1 aromatic carbocycles. The number of hydrogen-bond acceptors (Lipinski definition) is 5. The molecule has 6 nitrogen and oxygen atoms in total. The summed E-state index contributed by atoms with van der Waals surface area (Å²) in [5, 5.41) is 0.764. The van der Waals surface area contributed by atoms with Gasteiger partial charge in [-0.05, 0) is 18.2 Å². The lowest BCUT2D eigenvalue weighted by atomic mass is 10.3. The zero-order chi connectivity index (χ0) is 16.1. The van der Waals surface area contributed by atoms with E-state index in [1.54, 1.807) is 18.2 Å². The third kappa shape index (κ3) is 3.57. The number of hydrazine groups is 1. The Labute approximate surface area is 137 Å². The summed E-state index contributed by atoms with van der Waals surface area (Å²) in [6, 6.07) is 4.89. The topological polar surface area (TPSA) is 71.8 Å². The monoisotopic (exact) mass is 337 g/mol. The molecule has 0 aliphatic rings. The molecule has 0 saturated heterocycles. The maximum absolute atomic E-state index is 12.3. The lowest BCUT2D eigenvalue weighted by molar-refractivity contribution is 0.756. The van der Waals surface area contributed by atoms with Gasteiger partial charge in [0.2, 0.25) is 5.95 Å². The summed E-state index contributed by atoms with van der Waals surface area (Å²) in [5.74, 6) is 3.08. The number of aryl methyl sites for hydroxylation is 1. The number of hydrogen-bond donors (Lipinski definition) is 2. The molecular formula is C14H13Cl2N5O. The van der Waals surface area contributed by atoms with Crippen LogP contribution < -0.4 is 16.5 Å². The summed E-state index contributed by atoms with van der Waals surface area (Å²) in [5.41, 5.74) is 5.47. The number of nitrogens with one attached hydrogen (secondary N) is 2. The second-order valence-corrected chi connectivity index (χ2v) is 5.03. The van der Waals surface area contributed by atoms with Crippen molar-refractivity contribution >= 4 is 29.2 Å². The first kappa shape index (κ1) is 16.3. The Balaban J connectivity index is 2.45. The molecule has 2 rings (SSSR count). The average molecular weight is 338 g/mol. The maximum atomic E-state index is 12.3. The number of rotatable bonds is 5. The van der Waals surface area contributed by atoms with Crippen molar-refractivity contribution in [2.45, 2.75) is 13.3 Å². The molecule has 0 fully saturated rings. The van der Waals surface area contributed by atoms with E-state index in [0.717, 1.165) is 0 Å². The van der Waals surface area contributed by atoms with Gasteiger partial charge in [-0.3, -0.25) is 5.43 Å². The van der Waals surface area contributed by atoms with Crippen molar-refractivity contribution in [1.29, 1.82) is 0 Å². The van der Waals surface area contributed by atoms with Crippen molar-refractivity contribution < 1.29 is 0 Å². The van der Waals surface area contributed by atoms with Crippen LogP contribution in [0.2, 0.25) is 10.0 Å². The van der Waals surface area contributed by atoms with Gasteiger partial charge in [0.25, 0.3) is 0 Å². The minimum absolute atomic E-state index is 0.161. The van der Waals surface area contributed by atoms with Gasteiger partial charge in [0, 0.05) is 6.42 Å². The molecule has 0 atom stereocenters. The van der Waals surface area contributed by atoms with Crippen LogP contribution in [0.15, 0.2) is 23.0 Å². The minimum atomic E-state index is -0.477. The van der Waals surface area contributed by atoms with E-state index in [0.29, 0.717) is 28.0 Å². The van der Waals surface area contributed by atoms with Crippen LogP contribution in [-0.4, -0.2) is 21.1 Å². The minimum Gasteiger partial charge on any atom is -0.289 e. The second-order valence-electron chi connectivity index (χ2n) is 4.22. The maximum Gasteiger partial charge on any atom is 0.356 e. The van der Waals surface area contributed by atoms with E-state index in [9.17, 15) is 4.79 Å². The first-order chi connectivity index (χ1) is 10.6. The normalized spacial score (nSPS) is 10.3. The summed E-state index contributed by atoms with van der Waals surface area (Å²) in [7, 11) is 0. The lowest BCUT2D eigenvalue weighted by Crippen LogP contribution is -2.31. The van der Waals surface area contributed by atoms with Gasteiger partial charge >= 0.3 is 5.69 Å². The van der Waals surface area contributed by atoms with Crippen LogP contribution in [0.3, 0.4) is 0 Å². The standard InChI is InChI=1S/C14H13Cl2N5O/c1-3-7-17-20-13-18-12(4-2)21(14(22)19-13)9-5-6-10(15)11(16)8-9/h1,5-6,8,17H,4,7H2,2H3,(H,19,20,22). The number of benzene rings is 1. The number of aromatic nitrogens is 3. The first-order valence-electron chi connectivity index (χ1n) is 6.44. The molecule has 0 unspecified atom stereocenters. The highest BCUT2D eigenvalue weighted by Gasteiger charge is 2.11. The van der Waals surface area contributed by atoms with Crippen LogP contribution in [0.1, 0.15) is 12.7 Å². The van der Waals surface area contributed by atoms with Crippen LogP contribution in [0.5, 0.6) is 0 Å². The molecule has 114 valence electrons. The summed E-state index contributed by atoms with van der Waals surface area (Å²) >= 11 is 11.9. The van der Waals surface area contributed by atoms with E-state index in [4.69, 9.17) is 29.6 Å². The van der Waals surface area contributed by atoms with Crippen molar-refractivity contribution in [3.63, 3.8) is 0 Å². The van der Waals surface area contributed by atoms with Crippen LogP contribution in [-0.2, 0) is 6.42 Å². The largest absolute Gasteiger partial charge is 0.356 e. The molecule has 0 bridgehead atoms. The smallest absolute Gasteiger partial charge is 0.289 e. The van der Waals surface area contributed by atoms with E-state index in [1.165, 1.54) is 4.57 Å². The van der Waals surface area contributed by atoms with Gasteiger partial charge in [-0.1, -0.05) is 36.0 Å². The van der Waals surface area contributed by atoms with Crippen LogP contribution in [0.4, 0.5) is 5.95 Å². The molecule has 8 heteroatoms. The fourth-order valence-electron chi connectivity index (χ4n) is 1.80. The Morgan fingerprint density at radius 2 is 2.09 bits per heavy atom. The molecular weight excluding hydrogens is 325 g/mol. The highest BCUT2D eigenvalue weighted by atomic mass is 35.5. The molecule has 0 radical (unpaired) electrons. The molecule has 1 aromatic heterocycles. The average Bonchev–Trinajstić information content (AvgIpc) is 2.50. The van der Waals surface area contributed by atoms with E-state index >= 15 is 0 Å². The zero-order valence-electron chi connectivity index (χ0n) is 11.7. The predicted molar refractivity (Wildman–Crippen MR) is 87.5 cm³/mol. The number of nitrogens with zero attached hydrogens (tertiary/aromatic N) is 3. The molecule has 2 aromatic rings. The molecule has 0 spiro atoms. The van der Waals surface area contributed by atoms with Gasteiger partial charge in [-0.2, -0.15) is 9.97 Å². The highest BCUT2D eigenvalue weighted by molar-refractivity contribution is 6.42. The Bertz CT molecular complexity index is 782. The Morgan fingerprint density at radius 3 is 2.73 bits per heavy atom. The van der Waals surface area contributed by atoms with Gasteiger partial charge in [0.1, 0.15) is 5.82 Å². The summed E-state index contributed by atoms with van der Waals surface area (Å²) in [6.07, 6.45) is 5.65. The zero-order valence-corrected chi connectivity index (χ0v) is 13.2. The third-order valence-electron chi connectivity index (χ3n) is 2.75. The molecule has 0 amide bonds. The van der Waals surface area contributed by atoms with Crippen molar-refractivity contribution in [3.05, 3.63) is 44.6 Å². The van der Waals surface area contributed by atoms with E-state index in [1.807, 2.05) is 6.92 Å². The molecule has 0 aliphatic carbocycles. The van der Waals surface area contributed by atoms with Crippen molar-refractivity contribution in [3.8, 4) is 18.0 Å². The van der Waals surface area contributed by atoms with Gasteiger partial charge in [0.15, 0.2) is 0 Å². The second kappa shape index (κ2) is 7.27. The van der Waals surface area contributed by atoms with E-state index in [-0.39, 0.29) is 12.5 Å². The van der Waals surface area contributed by atoms with E-state index in [2.05, 4.69) is 26.7 Å². The molecule has 0 saturated carbocycles. The Hall–Kier alpha value is -2.07. The SMILES string of the molecule is C#CCNNc1nc(CC)n(-c2ccc(Cl)c(Cl)c2)c(=O)n1. The number of anilines is 1. The van der Waals surface area contributed by atoms with E-state index < -0.39 is 5.69 Å². The molecule has 2 N–H and O–H groups in total. The van der Waals surface area contributed by atoms with Crippen LogP contribution in [0, 0.1) is 12.3 Å². The van der Waals surface area contributed by atoms with Crippen LogP contribution >= 0.6 is 23.2 Å². The fraction of sp³-hybridized carbons (Fsp3) is 0.214. The molecule has 0 aliphatic heterocycles. The first-order valence-corrected chi connectivity index (χ1v) is 7.20. The lowest BCUT2D eigenvalue weighted by Gasteiger charge is -2.12.